The van der Waals surface area contributed by atoms with Crippen LogP contribution in [-0.4, -0.2) is 34.0 Å². The second-order valence-corrected chi connectivity index (χ2v) is 6.95. The Kier molecular flexibility index (Phi) is 4.58. The number of nitrogens with zero attached hydrogens (tertiary/aromatic N) is 1. The Morgan fingerprint density at radius 3 is 2.50 bits per heavy atom. The number of benzene rings is 1. The van der Waals surface area contributed by atoms with Crippen molar-refractivity contribution in [1.82, 2.24) is 10.2 Å². The zero-order valence-corrected chi connectivity index (χ0v) is 13.8. The van der Waals surface area contributed by atoms with Gasteiger partial charge in [0.2, 0.25) is 0 Å². The number of hydrogen-bond acceptors (Lipinski definition) is 3. The summed E-state index contributed by atoms with van der Waals surface area (Å²) in [7, 11) is 0. The molecular weight excluding hydrogens is 311 g/mol. The van der Waals surface area contributed by atoms with Crippen molar-refractivity contribution in [2.75, 3.05) is 6.54 Å². The minimum absolute atomic E-state index is 0.126. The van der Waals surface area contributed by atoms with E-state index in [-0.39, 0.29) is 18.4 Å². The third kappa shape index (κ3) is 3.02. The van der Waals surface area contributed by atoms with Crippen molar-refractivity contribution < 1.29 is 19.1 Å². The Morgan fingerprint density at radius 2 is 1.88 bits per heavy atom. The highest BCUT2D eigenvalue weighted by Crippen LogP contribution is 2.36. The Hall–Kier alpha value is -1.95. The number of halogens is 1. The van der Waals surface area contributed by atoms with Gasteiger partial charge in [0.15, 0.2) is 0 Å². The highest BCUT2D eigenvalue weighted by Gasteiger charge is 2.52. The predicted octanol–water partition coefficient (Wildman–Crippen LogP) is 2.75. The average molecular weight is 334 g/mol. The summed E-state index contributed by atoms with van der Waals surface area (Å²) >= 11 is 0. The lowest BCUT2D eigenvalue weighted by Gasteiger charge is -2.34. The molecule has 1 aromatic carbocycles. The number of aliphatic hydroxyl groups excluding tert-OH is 1. The van der Waals surface area contributed by atoms with Crippen molar-refractivity contribution in [3.05, 3.63) is 35.6 Å². The van der Waals surface area contributed by atoms with Crippen molar-refractivity contribution in [2.45, 2.75) is 50.7 Å². The molecule has 0 spiro atoms. The number of β-amino-alcohol motifs (C(OH)–C–C–N with tert-alkyl or cyclic N) is 1. The Morgan fingerprint density at radius 1 is 1.25 bits per heavy atom. The lowest BCUT2D eigenvalue weighted by molar-refractivity contribution is -0.134. The lowest BCUT2D eigenvalue weighted by Crippen LogP contribution is -2.51. The summed E-state index contributed by atoms with van der Waals surface area (Å²) in [5, 5.41) is 13.1. The van der Waals surface area contributed by atoms with Gasteiger partial charge in [0.25, 0.3) is 5.91 Å². The van der Waals surface area contributed by atoms with Gasteiger partial charge in [-0.25, -0.2) is 9.18 Å². The molecule has 2 N–H and O–H groups in total. The summed E-state index contributed by atoms with van der Waals surface area (Å²) in [6, 6.07) is 4.94. The van der Waals surface area contributed by atoms with E-state index < -0.39 is 23.5 Å². The molecule has 1 aliphatic heterocycles. The number of amides is 3. The van der Waals surface area contributed by atoms with E-state index in [1.54, 1.807) is 6.92 Å². The van der Waals surface area contributed by atoms with Crippen LogP contribution in [0.2, 0.25) is 0 Å². The van der Waals surface area contributed by atoms with E-state index in [1.165, 1.54) is 30.7 Å². The number of carbonyl (C=O) groups excluding carboxylic acids is 2. The van der Waals surface area contributed by atoms with Gasteiger partial charge in [-0.15, -0.1) is 0 Å². The number of rotatable bonds is 4. The van der Waals surface area contributed by atoms with E-state index in [0.717, 1.165) is 30.6 Å². The molecule has 2 aliphatic rings. The molecule has 3 amide bonds. The van der Waals surface area contributed by atoms with Crippen LogP contribution in [0.5, 0.6) is 0 Å². The zero-order valence-electron chi connectivity index (χ0n) is 13.8. The summed E-state index contributed by atoms with van der Waals surface area (Å²) in [6.45, 7) is 1.66. The highest BCUT2D eigenvalue weighted by atomic mass is 19.1. The smallest absolute Gasteiger partial charge is 0.325 e. The van der Waals surface area contributed by atoms with Gasteiger partial charge in [-0.05, 0) is 43.4 Å². The molecule has 1 saturated carbocycles. The van der Waals surface area contributed by atoms with Crippen molar-refractivity contribution >= 4 is 11.9 Å². The highest BCUT2D eigenvalue weighted by molar-refractivity contribution is 6.07. The first-order valence-electron chi connectivity index (χ1n) is 8.49. The second-order valence-electron chi connectivity index (χ2n) is 6.95. The van der Waals surface area contributed by atoms with Gasteiger partial charge in [-0.1, -0.05) is 31.4 Å². The van der Waals surface area contributed by atoms with Crippen LogP contribution in [0, 0.1) is 11.7 Å². The number of nitrogens with one attached hydrogen (secondary N) is 1. The van der Waals surface area contributed by atoms with Gasteiger partial charge in [-0.3, -0.25) is 9.69 Å². The molecule has 2 fully saturated rings. The number of carbonyl (C=O) groups is 2. The van der Waals surface area contributed by atoms with Crippen molar-refractivity contribution in [3.63, 3.8) is 0 Å². The maximum atomic E-state index is 13.0. The van der Waals surface area contributed by atoms with Crippen LogP contribution in [-0.2, 0) is 4.79 Å². The van der Waals surface area contributed by atoms with Gasteiger partial charge >= 0.3 is 6.03 Å². The zero-order chi connectivity index (χ0) is 17.3. The minimum atomic E-state index is -1.03. The molecule has 0 unspecified atom stereocenters. The molecule has 130 valence electrons. The van der Waals surface area contributed by atoms with Crippen LogP contribution in [0.3, 0.4) is 0 Å². The fraction of sp³-hybridized carbons (Fsp3) is 0.556. The summed E-state index contributed by atoms with van der Waals surface area (Å²) in [5.74, 6) is -0.540. The molecule has 6 heteroatoms. The largest absolute Gasteiger partial charge is 0.387 e. The topological polar surface area (TPSA) is 69.6 Å². The molecule has 5 nitrogen and oxygen atoms in total. The maximum Gasteiger partial charge on any atom is 0.325 e. The SMILES string of the molecule is C[C@@]1(C2CCCCC2)NC(=O)N(C[C@@H](O)c2ccc(F)cc2)C1=O. The maximum absolute atomic E-state index is 13.0. The normalized spacial score (nSPS) is 26.5. The number of hydrogen-bond donors (Lipinski definition) is 2. The van der Waals surface area contributed by atoms with Crippen LogP contribution in [0.4, 0.5) is 9.18 Å². The van der Waals surface area contributed by atoms with Crippen LogP contribution in [0.1, 0.15) is 50.7 Å². The first-order valence-corrected chi connectivity index (χ1v) is 8.49. The third-order valence-corrected chi connectivity index (χ3v) is 5.33. The Labute approximate surface area is 140 Å². The van der Waals surface area contributed by atoms with E-state index in [0.29, 0.717) is 5.56 Å². The predicted molar refractivity (Wildman–Crippen MR) is 86.6 cm³/mol. The molecule has 2 atom stereocenters. The average Bonchev–Trinajstić information content (AvgIpc) is 2.80. The lowest BCUT2D eigenvalue weighted by atomic mass is 9.75. The number of aliphatic hydroxyl groups is 1. The van der Waals surface area contributed by atoms with Crippen LogP contribution >= 0.6 is 0 Å². The number of imide groups is 1. The molecule has 0 radical (unpaired) electrons. The van der Waals surface area contributed by atoms with E-state index >= 15 is 0 Å². The van der Waals surface area contributed by atoms with Crippen LogP contribution < -0.4 is 5.32 Å². The van der Waals surface area contributed by atoms with Gasteiger partial charge < -0.3 is 10.4 Å². The van der Waals surface area contributed by atoms with Gasteiger partial charge in [-0.2, -0.15) is 0 Å². The van der Waals surface area contributed by atoms with E-state index in [2.05, 4.69) is 5.32 Å². The fourth-order valence-electron chi connectivity index (χ4n) is 3.80. The van der Waals surface area contributed by atoms with E-state index in [9.17, 15) is 19.1 Å². The molecule has 1 saturated heterocycles. The Balaban J connectivity index is 1.73. The van der Waals surface area contributed by atoms with Crippen molar-refractivity contribution in [2.24, 2.45) is 5.92 Å². The van der Waals surface area contributed by atoms with Gasteiger partial charge in [0.1, 0.15) is 11.4 Å². The molecule has 3 rings (SSSR count). The summed E-state index contributed by atoms with van der Waals surface area (Å²) in [4.78, 5) is 26.2. The fourth-order valence-corrected chi connectivity index (χ4v) is 3.80. The first-order chi connectivity index (χ1) is 11.4. The minimum Gasteiger partial charge on any atom is -0.387 e. The third-order valence-electron chi connectivity index (χ3n) is 5.33. The monoisotopic (exact) mass is 334 g/mol. The van der Waals surface area contributed by atoms with E-state index in [1.807, 2.05) is 0 Å². The summed E-state index contributed by atoms with van der Waals surface area (Å²) < 4.78 is 13.0. The number of urea groups is 1. The second kappa shape index (κ2) is 6.51. The molecule has 24 heavy (non-hydrogen) atoms. The van der Waals surface area contributed by atoms with Crippen LogP contribution in [0.25, 0.3) is 0 Å². The molecule has 0 aromatic heterocycles. The van der Waals surface area contributed by atoms with E-state index in [4.69, 9.17) is 0 Å². The molecule has 1 aromatic rings. The quantitative estimate of drug-likeness (QED) is 0.832. The van der Waals surface area contributed by atoms with Crippen LogP contribution in [0.15, 0.2) is 24.3 Å². The molecule has 1 aliphatic carbocycles. The van der Waals surface area contributed by atoms with Gasteiger partial charge in [0, 0.05) is 0 Å². The van der Waals surface area contributed by atoms with Crippen molar-refractivity contribution in [3.8, 4) is 0 Å². The summed E-state index contributed by atoms with van der Waals surface area (Å²) in [6.07, 6.45) is 4.13. The summed E-state index contributed by atoms with van der Waals surface area (Å²) in [5.41, 5.74) is -0.414. The molecule has 1 heterocycles. The standard InChI is InChI=1S/C18H23FN2O3/c1-18(13-5-3-2-4-6-13)16(23)21(17(24)20-18)11-15(22)12-7-9-14(19)10-8-12/h7-10,13,15,22H,2-6,11H2,1H3,(H,20,24)/t15-,18+/m1/s1. The van der Waals surface area contributed by atoms with Crippen molar-refractivity contribution in [1.29, 1.82) is 0 Å². The molecule has 0 bridgehead atoms. The Bertz CT molecular complexity index is 628. The van der Waals surface area contributed by atoms with Gasteiger partial charge in [0.05, 0.1) is 12.6 Å². The molecular formula is C18H23FN2O3. The first kappa shape index (κ1) is 16.9.